The summed E-state index contributed by atoms with van der Waals surface area (Å²) in [4.78, 5) is 11.5. The predicted octanol–water partition coefficient (Wildman–Crippen LogP) is 4.72. The van der Waals surface area contributed by atoms with Gasteiger partial charge in [0.05, 0.1) is 10.6 Å². The van der Waals surface area contributed by atoms with E-state index in [1.807, 2.05) is 19.9 Å². The van der Waals surface area contributed by atoms with Gasteiger partial charge in [0.1, 0.15) is 5.82 Å². The van der Waals surface area contributed by atoms with Gasteiger partial charge in [0, 0.05) is 5.56 Å². The van der Waals surface area contributed by atoms with Gasteiger partial charge in [0.2, 0.25) is 0 Å². The summed E-state index contributed by atoms with van der Waals surface area (Å²) in [5.41, 5.74) is 2.64. The van der Waals surface area contributed by atoms with Gasteiger partial charge in [-0.15, -0.1) is 0 Å². The van der Waals surface area contributed by atoms with Crippen molar-refractivity contribution in [2.75, 3.05) is 0 Å². The van der Waals surface area contributed by atoms with Crippen molar-refractivity contribution in [2.45, 2.75) is 13.8 Å². The van der Waals surface area contributed by atoms with E-state index in [1.165, 1.54) is 24.3 Å². The number of benzene rings is 2. The van der Waals surface area contributed by atoms with Crippen LogP contribution in [0.25, 0.3) is 11.6 Å². The molecule has 0 radical (unpaired) electrons. The van der Waals surface area contributed by atoms with Gasteiger partial charge < -0.3 is 5.11 Å². The summed E-state index contributed by atoms with van der Waals surface area (Å²) in [5.74, 6) is -1.68. The normalized spacial score (nSPS) is 11.5. The van der Waals surface area contributed by atoms with Crippen LogP contribution in [-0.2, 0) is 4.79 Å². The summed E-state index contributed by atoms with van der Waals surface area (Å²) in [5, 5.41) is 9.57. The van der Waals surface area contributed by atoms with E-state index in [9.17, 15) is 14.3 Å². The molecule has 0 aliphatic rings. The van der Waals surface area contributed by atoms with E-state index in [0.717, 1.165) is 11.1 Å². The number of hydrogen-bond donors (Lipinski definition) is 1. The Morgan fingerprint density at radius 1 is 1.19 bits per heavy atom. The fraction of sp³-hybridized carbons (Fsp3) is 0.118. The molecule has 0 aliphatic heterocycles. The molecule has 4 heteroatoms. The highest BCUT2D eigenvalue weighted by molar-refractivity contribution is 6.33. The highest BCUT2D eigenvalue weighted by Crippen LogP contribution is 2.26. The molecule has 108 valence electrons. The summed E-state index contributed by atoms with van der Waals surface area (Å²) in [6.07, 6.45) is 1.27. The van der Waals surface area contributed by atoms with Crippen LogP contribution < -0.4 is 0 Å². The van der Waals surface area contributed by atoms with Crippen molar-refractivity contribution in [1.29, 1.82) is 0 Å². The molecule has 0 unspecified atom stereocenters. The van der Waals surface area contributed by atoms with E-state index in [4.69, 9.17) is 11.6 Å². The monoisotopic (exact) mass is 304 g/mol. The molecule has 0 spiro atoms. The maximum Gasteiger partial charge on any atom is 0.336 e. The van der Waals surface area contributed by atoms with Gasteiger partial charge in [-0.1, -0.05) is 35.9 Å². The second-order valence-electron chi connectivity index (χ2n) is 4.80. The third-order valence-corrected chi connectivity index (χ3v) is 3.67. The van der Waals surface area contributed by atoms with Crippen LogP contribution in [0.3, 0.4) is 0 Å². The first-order valence-electron chi connectivity index (χ1n) is 6.37. The molecule has 0 fully saturated rings. The zero-order chi connectivity index (χ0) is 15.6. The molecule has 0 amide bonds. The number of aliphatic carboxylic acids is 1. The quantitative estimate of drug-likeness (QED) is 0.658. The van der Waals surface area contributed by atoms with E-state index >= 15 is 0 Å². The molecule has 0 saturated carbocycles. The van der Waals surface area contributed by atoms with Gasteiger partial charge >= 0.3 is 5.97 Å². The minimum atomic E-state index is -1.13. The molecular weight excluding hydrogens is 291 g/mol. The first-order valence-corrected chi connectivity index (χ1v) is 6.74. The number of carboxylic acids is 1. The van der Waals surface area contributed by atoms with Crippen LogP contribution in [0.5, 0.6) is 0 Å². The molecule has 0 aliphatic carbocycles. The van der Waals surface area contributed by atoms with E-state index in [0.29, 0.717) is 5.56 Å². The topological polar surface area (TPSA) is 37.3 Å². The Bertz CT molecular complexity index is 715. The summed E-state index contributed by atoms with van der Waals surface area (Å²) >= 11 is 5.94. The third-order valence-electron chi connectivity index (χ3n) is 3.34. The van der Waals surface area contributed by atoms with Gasteiger partial charge in [0.25, 0.3) is 0 Å². The lowest BCUT2D eigenvalue weighted by Gasteiger charge is -2.08. The highest BCUT2D eigenvalue weighted by atomic mass is 35.5. The minimum absolute atomic E-state index is 0.00472. The Labute approximate surface area is 127 Å². The first-order chi connectivity index (χ1) is 9.90. The molecule has 2 aromatic rings. The lowest BCUT2D eigenvalue weighted by atomic mass is 9.98. The van der Waals surface area contributed by atoms with Gasteiger partial charge in [-0.25, -0.2) is 9.18 Å². The fourth-order valence-electron chi connectivity index (χ4n) is 1.97. The molecule has 0 bridgehead atoms. The minimum Gasteiger partial charge on any atom is -0.478 e. The molecule has 0 atom stereocenters. The van der Waals surface area contributed by atoms with Crippen LogP contribution in [0.2, 0.25) is 5.02 Å². The molecular formula is C17H14ClFO2. The van der Waals surface area contributed by atoms with Crippen LogP contribution in [0, 0.1) is 19.7 Å². The second kappa shape index (κ2) is 6.10. The zero-order valence-electron chi connectivity index (χ0n) is 11.7. The largest absolute Gasteiger partial charge is 0.478 e. The maximum atomic E-state index is 13.8. The van der Waals surface area contributed by atoms with Crippen LogP contribution >= 0.6 is 11.6 Å². The van der Waals surface area contributed by atoms with Crippen molar-refractivity contribution in [3.05, 3.63) is 69.5 Å². The number of halogens is 2. The summed E-state index contributed by atoms with van der Waals surface area (Å²) < 4.78 is 13.8. The molecule has 0 aromatic heterocycles. The van der Waals surface area contributed by atoms with Gasteiger partial charge in [-0.05, 0) is 48.7 Å². The molecule has 2 nitrogen and oxygen atoms in total. The first kappa shape index (κ1) is 15.3. The zero-order valence-corrected chi connectivity index (χ0v) is 12.4. The van der Waals surface area contributed by atoms with Crippen LogP contribution in [0.15, 0.2) is 36.4 Å². The summed E-state index contributed by atoms with van der Waals surface area (Å²) in [6, 6.07) is 9.56. The number of hydrogen-bond acceptors (Lipinski definition) is 1. The average molecular weight is 305 g/mol. The van der Waals surface area contributed by atoms with Gasteiger partial charge in [-0.3, -0.25) is 0 Å². The number of rotatable bonds is 3. The number of aryl methyl sites for hydroxylation is 2. The van der Waals surface area contributed by atoms with Crippen molar-refractivity contribution in [3.8, 4) is 0 Å². The van der Waals surface area contributed by atoms with Crippen molar-refractivity contribution in [3.63, 3.8) is 0 Å². The van der Waals surface area contributed by atoms with Crippen molar-refractivity contribution in [2.24, 2.45) is 0 Å². The Hall–Kier alpha value is -2.13. The Morgan fingerprint density at radius 2 is 1.90 bits per heavy atom. The van der Waals surface area contributed by atoms with E-state index in [-0.39, 0.29) is 16.2 Å². The van der Waals surface area contributed by atoms with Gasteiger partial charge in [-0.2, -0.15) is 0 Å². The molecule has 2 aromatic carbocycles. The van der Waals surface area contributed by atoms with E-state index in [1.54, 1.807) is 12.1 Å². The Balaban J connectivity index is 2.61. The SMILES string of the molecule is Cc1ccc(/C(=C/c2c(F)cccc2Cl)C(=O)O)cc1C. The summed E-state index contributed by atoms with van der Waals surface area (Å²) in [7, 11) is 0. The van der Waals surface area contributed by atoms with Gasteiger partial charge in [0.15, 0.2) is 0 Å². The van der Waals surface area contributed by atoms with Crippen LogP contribution in [-0.4, -0.2) is 11.1 Å². The Morgan fingerprint density at radius 3 is 2.48 bits per heavy atom. The molecule has 2 rings (SSSR count). The molecule has 0 heterocycles. The van der Waals surface area contributed by atoms with Crippen molar-refractivity contribution >= 4 is 29.2 Å². The highest BCUT2D eigenvalue weighted by Gasteiger charge is 2.14. The second-order valence-corrected chi connectivity index (χ2v) is 5.20. The average Bonchev–Trinajstić information content (AvgIpc) is 2.41. The van der Waals surface area contributed by atoms with Crippen LogP contribution in [0.4, 0.5) is 4.39 Å². The Kier molecular flexibility index (Phi) is 4.43. The summed E-state index contributed by atoms with van der Waals surface area (Å²) in [6.45, 7) is 3.84. The molecule has 0 saturated heterocycles. The maximum absolute atomic E-state index is 13.8. The van der Waals surface area contributed by atoms with Crippen molar-refractivity contribution < 1.29 is 14.3 Å². The lowest BCUT2D eigenvalue weighted by molar-refractivity contribution is -0.130. The molecule has 21 heavy (non-hydrogen) atoms. The number of carbonyl (C=O) groups is 1. The smallest absolute Gasteiger partial charge is 0.336 e. The number of carboxylic acid groups (broad SMARTS) is 1. The van der Waals surface area contributed by atoms with E-state index in [2.05, 4.69) is 0 Å². The fourth-order valence-corrected chi connectivity index (χ4v) is 2.19. The van der Waals surface area contributed by atoms with Crippen LogP contribution in [0.1, 0.15) is 22.3 Å². The predicted molar refractivity (Wildman–Crippen MR) is 82.8 cm³/mol. The van der Waals surface area contributed by atoms with Crippen molar-refractivity contribution in [1.82, 2.24) is 0 Å². The lowest BCUT2D eigenvalue weighted by Crippen LogP contribution is -2.01. The third kappa shape index (κ3) is 3.31. The van der Waals surface area contributed by atoms with E-state index < -0.39 is 11.8 Å². The standard InChI is InChI=1S/C17H14ClFO2/c1-10-6-7-12(8-11(10)2)13(17(20)21)9-14-15(18)4-3-5-16(14)19/h3-9H,1-2H3,(H,20,21)/b13-9-. The molecule has 1 N–H and O–H groups in total.